The lowest BCUT2D eigenvalue weighted by Crippen LogP contribution is -2.40. The molecule has 8 nitrogen and oxygen atoms in total. The van der Waals surface area contributed by atoms with Gasteiger partial charge in [0.15, 0.2) is 0 Å². The summed E-state index contributed by atoms with van der Waals surface area (Å²) < 4.78 is 0. The molecule has 32 heavy (non-hydrogen) atoms. The molecule has 0 N–H and O–H groups in total. The van der Waals surface area contributed by atoms with Gasteiger partial charge in [0.25, 0.3) is 11.8 Å². The Balaban J connectivity index is 1.16. The maximum atomic E-state index is 12.5. The number of amides is 3. The van der Waals surface area contributed by atoms with Crippen molar-refractivity contribution in [1.29, 1.82) is 0 Å². The molecule has 1 aromatic rings. The maximum Gasteiger partial charge on any atom is 0.434 e. The molecule has 3 amide bonds. The second-order valence-corrected chi connectivity index (χ2v) is 9.67. The normalized spacial score (nSPS) is 26.2. The standard InChI is InChI=1S/C24H32N4O4/c1-17-18(6-5-7-21(17)26-10-3-2-4-11-26)12-25-13-19-15-27(16-20(19)14-25)24(31)32-28-22(29)8-9-23(28)30/h5-7,19-20H,2-4,8-16H2,1H3. The highest BCUT2D eigenvalue weighted by atomic mass is 16.7. The average Bonchev–Trinajstić information content (AvgIpc) is 3.45. The summed E-state index contributed by atoms with van der Waals surface area (Å²) in [6, 6.07) is 6.68. The number of hydrogen-bond donors (Lipinski definition) is 0. The van der Waals surface area contributed by atoms with Crippen LogP contribution in [0.5, 0.6) is 0 Å². The van der Waals surface area contributed by atoms with E-state index in [1.54, 1.807) is 4.90 Å². The van der Waals surface area contributed by atoms with Crippen molar-refractivity contribution < 1.29 is 19.2 Å². The minimum Gasteiger partial charge on any atom is -0.371 e. The molecule has 8 heteroatoms. The molecule has 0 aliphatic carbocycles. The number of carbonyl (C=O) groups excluding carboxylic acids is 3. The minimum atomic E-state index is -0.584. The van der Waals surface area contributed by atoms with E-state index in [0.717, 1.165) is 32.7 Å². The van der Waals surface area contributed by atoms with Crippen LogP contribution in [-0.2, 0) is 21.0 Å². The fourth-order valence-corrected chi connectivity index (χ4v) is 5.72. The second kappa shape index (κ2) is 8.73. The summed E-state index contributed by atoms with van der Waals surface area (Å²) in [6.07, 6.45) is 3.53. The summed E-state index contributed by atoms with van der Waals surface area (Å²) in [5.74, 6) is -0.0663. The smallest absolute Gasteiger partial charge is 0.371 e. The number of benzene rings is 1. The van der Waals surface area contributed by atoms with Gasteiger partial charge >= 0.3 is 6.09 Å². The van der Waals surface area contributed by atoms with Gasteiger partial charge in [-0.15, -0.1) is 5.06 Å². The van der Waals surface area contributed by atoms with E-state index in [4.69, 9.17) is 4.84 Å². The summed E-state index contributed by atoms with van der Waals surface area (Å²) in [7, 11) is 0. The number of anilines is 1. The minimum absolute atomic E-state index is 0.116. The number of rotatable bonds is 4. The molecule has 4 saturated heterocycles. The van der Waals surface area contributed by atoms with E-state index >= 15 is 0 Å². The van der Waals surface area contributed by atoms with Crippen LogP contribution in [0.25, 0.3) is 0 Å². The van der Waals surface area contributed by atoms with E-state index in [-0.39, 0.29) is 12.8 Å². The van der Waals surface area contributed by atoms with Crippen LogP contribution in [0.2, 0.25) is 0 Å². The van der Waals surface area contributed by atoms with Gasteiger partial charge in [0.1, 0.15) is 0 Å². The number of nitrogens with zero attached hydrogens (tertiary/aromatic N) is 4. The van der Waals surface area contributed by atoms with E-state index in [1.807, 2.05) is 0 Å². The topological polar surface area (TPSA) is 73.4 Å². The van der Waals surface area contributed by atoms with Crippen LogP contribution >= 0.6 is 0 Å². The lowest BCUT2D eigenvalue weighted by molar-refractivity contribution is -0.173. The highest BCUT2D eigenvalue weighted by Crippen LogP contribution is 2.34. The number of imide groups is 1. The molecule has 4 aliphatic heterocycles. The molecule has 2 atom stereocenters. The van der Waals surface area contributed by atoms with Crippen LogP contribution in [0.3, 0.4) is 0 Å². The first-order valence-electron chi connectivity index (χ1n) is 11.9. The van der Waals surface area contributed by atoms with Crippen LogP contribution in [0, 0.1) is 18.8 Å². The van der Waals surface area contributed by atoms with E-state index in [9.17, 15) is 14.4 Å². The Morgan fingerprint density at radius 2 is 1.62 bits per heavy atom. The molecule has 0 bridgehead atoms. The zero-order chi connectivity index (χ0) is 22.2. The third-order valence-electron chi connectivity index (χ3n) is 7.50. The Labute approximate surface area is 189 Å². The fourth-order valence-electron chi connectivity index (χ4n) is 5.72. The highest BCUT2D eigenvalue weighted by Gasteiger charge is 2.43. The van der Waals surface area contributed by atoms with Gasteiger partial charge in [0.05, 0.1) is 0 Å². The van der Waals surface area contributed by atoms with E-state index in [2.05, 4.69) is 34.9 Å². The summed E-state index contributed by atoms with van der Waals surface area (Å²) in [5, 5.41) is 0.640. The van der Waals surface area contributed by atoms with E-state index in [1.165, 1.54) is 36.1 Å². The SMILES string of the molecule is Cc1c(CN2CC3CN(C(=O)ON4C(=O)CCC4=O)CC3C2)cccc1N1CCCCC1. The van der Waals surface area contributed by atoms with Gasteiger partial charge < -0.3 is 14.6 Å². The lowest BCUT2D eigenvalue weighted by Gasteiger charge is -2.31. The number of fused-ring (bicyclic) bond motifs is 1. The van der Waals surface area contributed by atoms with Crippen molar-refractivity contribution in [3.8, 4) is 0 Å². The molecule has 0 aromatic heterocycles. The second-order valence-electron chi connectivity index (χ2n) is 9.67. The number of carbonyl (C=O) groups is 3. The van der Waals surface area contributed by atoms with Gasteiger partial charge in [0, 0.05) is 64.3 Å². The van der Waals surface area contributed by atoms with Gasteiger partial charge in [0.2, 0.25) is 0 Å². The largest absolute Gasteiger partial charge is 0.434 e. The molecule has 1 aromatic carbocycles. The van der Waals surface area contributed by atoms with Crippen molar-refractivity contribution in [2.45, 2.75) is 45.6 Å². The first-order valence-corrected chi connectivity index (χ1v) is 11.9. The van der Waals surface area contributed by atoms with Crippen molar-refractivity contribution in [2.24, 2.45) is 11.8 Å². The predicted octanol–water partition coefficient (Wildman–Crippen LogP) is 2.55. The van der Waals surface area contributed by atoms with Crippen LogP contribution in [0.15, 0.2) is 18.2 Å². The van der Waals surface area contributed by atoms with E-state index < -0.39 is 17.9 Å². The molecule has 172 valence electrons. The zero-order valence-corrected chi connectivity index (χ0v) is 18.8. The monoisotopic (exact) mass is 440 g/mol. The molecule has 0 spiro atoms. The summed E-state index contributed by atoms with van der Waals surface area (Å²) in [6.45, 7) is 8.60. The summed E-state index contributed by atoms with van der Waals surface area (Å²) >= 11 is 0. The van der Waals surface area contributed by atoms with Crippen molar-refractivity contribution in [1.82, 2.24) is 14.9 Å². The molecule has 0 radical (unpaired) electrons. The molecular weight excluding hydrogens is 408 g/mol. The van der Waals surface area contributed by atoms with E-state index in [0.29, 0.717) is 30.0 Å². The molecule has 4 fully saturated rings. The van der Waals surface area contributed by atoms with Crippen molar-refractivity contribution in [3.05, 3.63) is 29.3 Å². The fraction of sp³-hybridized carbons (Fsp3) is 0.625. The summed E-state index contributed by atoms with van der Waals surface area (Å²) in [4.78, 5) is 47.6. The molecule has 4 heterocycles. The zero-order valence-electron chi connectivity index (χ0n) is 18.8. The molecule has 2 unspecified atom stereocenters. The first-order chi connectivity index (χ1) is 15.5. The van der Waals surface area contributed by atoms with Crippen molar-refractivity contribution in [2.75, 3.05) is 44.2 Å². The van der Waals surface area contributed by atoms with Gasteiger partial charge in [-0.1, -0.05) is 12.1 Å². The molecule has 5 rings (SSSR count). The molecule has 4 aliphatic rings. The average molecular weight is 441 g/mol. The molecule has 0 saturated carbocycles. The Morgan fingerprint density at radius 1 is 0.969 bits per heavy atom. The number of piperidine rings is 1. The van der Waals surface area contributed by atoms with Gasteiger partial charge in [-0.2, -0.15) is 0 Å². The first kappa shape index (κ1) is 21.2. The predicted molar refractivity (Wildman–Crippen MR) is 119 cm³/mol. The Hall–Kier alpha value is -2.61. The third-order valence-corrected chi connectivity index (χ3v) is 7.50. The maximum absolute atomic E-state index is 12.5. The van der Waals surface area contributed by atoms with Crippen molar-refractivity contribution in [3.63, 3.8) is 0 Å². The van der Waals surface area contributed by atoms with Gasteiger partial charge in [-0.3, -0.25) is 14.5 Å². The Bertz CT molecular complexity index is 883. The number of likely N-dealkylation sites (tertiary alicyclic amines) is 2. The van der Waals surface area contributed by atoms with Gasteiger partial charge in [-0.05, 0) is 55.2 Å². The summed E-state index contributed by atoms with van der Waals surface area (Å²) in [5.41, 5.74) is 4.15. The van der Waals surface area contributed by atoms with Crippen LogP contribution < -0.4 is 4.90 Å². The lowest BCUT2D eigenvalue weighted by atomic mass is 10.0. The number of hydroxylamine groups is 2. The van der Waals surface area contributed by atoms with Crippen LogP contribution in [0.4, 0.5) is 10.5 Å². The Kier molecular flexibility index (Phi) is 5.80. The highest BCUT2D eigenvalue weighted by molar-refractivity contribution is 6.01. The quantitative estimate of drug-likeness (QED) is 0.670. The number of hydrogen-bond acceptors (Lipinski definition) is 6. The molecular formula is C24H32N4O4. The van der Waals surface area contributed by atoms with Crippen LogP contribution in [0.1, 0.15) is 43.2 Å². The Morgan fingerprint density at radius 3 is 2.28 bits per heavy atom. The van der Waals surface area contributed by atoms with Gasteiger partial charge in [-0.25, -0.2) is 4.79 Å². The third kappa shape index (κ3) is 4.08. The van der Waals surface area contributed by atoms with Crippen molar-refractivity contribution >= 4 is 23.6 Å². The van der Waals surface area contributed by atoms with Crippen LogP contribution in [-0.4, -0.2) is 72.0 Å².